The van der Waals surface area contributed by atoms with Crippen molar-refractivity contribution in [1.82, 2.24) is 0 Å². The van der Waals surface area contributed by atoms with E-state index >= 15 is 0 Å². The summed E-state index contributed by atoms with van der Waals surface area (Å²) in [6.07, 6.45) is 0.794. The molecule has 1 aliphatic rings. The summed E-state index contributed by atoms with van der Waals surface area (Å²) in [5.41, 5.74) is 0.895. The Balaban J connectivity index is 2.03. The van der Waals surface area contributed by atoms with E-state index < -0.39 is 0 Å². The van der Waals surface area contributed by atoms with Gasteiger partial charge >= 0.3 is 11.9 Å². The van der Waals surface area contributed by atoms with Gasteiger partial charge in [0.1, 0.15) is 5.82 Å². The molecule has 0 spiro atoms. The Morgan fingerprint density at radius 2 is 1.86 bits per heavy atom. The van der Waals surface area contributed by atoms with Gasteiger partial charge in [-0.2, -0.15) is 0 Å². The van der Waals surface area contributed by atoms with Crippen LogP contribution in [-0.2, 0) is 19.1 Å². The van der Waals surface area contributed by atoms with Gasteiger partial charge in [0.25, 0.3) is 0 Å². The molecule has 0 N–H and O–H groups in total. The van der Waals surface area contributed by atoms with Crippen molar-refractivity contribution < 1.29 is 23.5 Å². The molecule has 1 aromatic carbocycles. The molecule has 1 saturated carbocycles. The molecule has 0 radical (unpaired) electrons. The second-order valence-corrected chi connectivity index (χ2v) is 5.43. The Morgan fingerprint density at radius 1 is 1.19 bits per heavy atom. The van der Waals surface area contributed by atoms with Gasteiger partial charge in [0.05, 0.1) is 13.2 Å². The maximum atomic E-state index is 13.3. The smallest absolute Gasteiger partial charge is 0.302 e. The largest absolute Gasteiger partial charge is 0.466 e. The van der Waals surface area contributed by atoms with Gasteiger partial charge in [-0.3, -0.25) is 9.59 Å². The molecule has 114 valence electrons. The first-order valence-corrected chi connectivity index (χ1v) is 6.99. The monoisotopic (exact) mass is 294 g/mol. The maximum Gasteiger partial charge on any atom is 0.302 e. The number of esters is 2. The fourth-order valence-electron chi connectivity index (χ4n) is 2.81. The molecule has 1 fully saturated rings. The Bertz CT molecular complexity index is 529. The standard InChI is InChI=1S/C16H19FO4/c1-10(18)20-8-13-7-15(16(13)9-21-11(2)19)12-4-3-5-14(17)6-12/h3-6,13,15-16H,7-9H2,1-2H3/t13-,15-,16+/m1/s1. The molecule has 0 bridgehead atoms. The van der Waals surface area contributed by atoms with Crippen molar-refractivity contribution in [2.75, 3.05) is 13.2 Å². The molecule has 0 saturated heterocycles. The highest BCUT2D eigenvalue weighted by Gasteiger charge is 2.43. The van der Waals surface area contributed by atoms with E-state index in [0.29, 0.717) is 6.61 Å². The van der Waals surface area contributed by atoms with E-state index in [-0.39, 0.29) is 42.1 Å². The highest BCUT2D eigenvalue weighted by molar-refractivity contribution is 5.66. The molecule has 1 aliphatic carbocycles. The zero-order valence-electron chi connectivity index (χ0n) is 12.2. The molecule has 0 aliphatic heterocycles. The van der Waals surface area contributed by atoms with Crippen molar-refractivity contribution in [3.05, 3.63) is 35.6 Å². The highest BCUT2D eigenvalue weighted by atomic mass is 19.1. The van der Waals surface area contributed by atoms with Gasteiger partial charge in [0, 0.05) is 25.7 Å². The molecule has 0 heterocycles. The summed E-state index contributed by atoms with van der Waals surface area (Å²) in [4.78, 5) is 21.9. The Kier molecular flexibility index (Phi) is 4.94. The number of rotatable bonds is 5. The fourth-order valence-corrected chi connectivity index (χ4v) is 2.81. The van der Waals surface area contributed by atoms with Crippen LogP contribution in [0.25, 0.3) is 0 Å². The van der Waals surface area contributed by atoms with Crippen LogP contribution in [0.1, 0.15) is 31.7 Å². The van der Waals surface area contributed by atoms with Crippen LogP contribution in [0, 0.1) is 17.7 Å². The number of halogens is 1. The fraction of sp³-hybridized carbons (Fsp3) is 0.500. The summed E-state index contributed by atoms with van der Waals surface area (Å²) in [6, 6.07) is 6.45. The van der Waals surface area contributed by atoms with Crippen LogP contribution in [0.2, 0.25) is 0 Å². The number of ether oxygens (including phenoxy) is 2. The minimum Gasteiger partial charge on any atom is -0.466 e. The molecule has 5 heteroatoms. The van der Waals surface area contributed by atoms with Crippen molar-refractivity contribution in [1.29, 1.82) is 0 Å². The van der Waals surface area contributed by atoms with E-state index in [4.69, 9.17) is 9.47 Å². The molecule has 21 heavy (non-hydrogen) atoms. The predicted octanol–water partition coefficient (Wildman–Crippen LogP) is 2.67. The maximum absolute atomic E-state index is 13.3. The average Bonchev–Trinajstić information content (AvgIpc) is 2.36. The van der Waals surface area contributed by atoms with Crippen LogP contribution >= 0.6 is 0 Å². The van der Waals surface area contributed by atoms with Crippen molar-refractivity contribution in [3.63, 3.8) is 0 Å². The van der Waals surface area contributed by atoms with Crippen molar-refractivity contribution in [2.24, 2.45) is 11.8 Å². The normalized spacial score (nSPS) is 24.0. The van der Waals surface area contributed by atoms with Crippen LogP contribution < -0.4 is 0 Å². The van der Waals surface area contributed by atoms with E-state index in [9.17, 15) is 14.0 Å². The summed E-state index contributed by atoms with van der Waals surface area (Å²) < 4.78 is 23.5. The second kappa shape index (κ2) is 6.70. The average molecular weight is 294 g/mol. The first kappa shape index (κ1) is 15.5. The molecule has 0 aromatic heterocycles. The lowest BCUT2D eigenvalue weighted by Crippen LogP contribution is -2.41. The number of hydrogen-bond donors (Lipinski definition) is 0. The second-order valence-electron chi connectivity index (χ2n) is 5.43. The first-order chi connectivity index (χ1) is 9.97. The van der Waals surface area contributed by atoms with Crippen LogP contribution in [0.4, 0.5) is 4.39 Å². The number of carbonyl (C=O) groups is 2. The summed E-state index contributed by atoms with van der Waals surface area (Å²) in [5.74, 6) is -0.624. The number of hydrogen-bond acceptors (Lipinski definition) is 4. The van der Waals surface area contributed by atoms with Crippen LogP contribution in [0.5, 0.6) is 0 Å². The molecule has 0 unspecified atom stereocenters. The van der Waals surface area contributed by atoms with E-state index in [1.54, 1.807) is 6.07 Å². The zero-order chi connectivity index (χ0) is 15.4. The molecular weight excluding hydrogens is 275 g/mol. The lowest BCUT2D eigenvalue weighted by Gasteiger charge is -2.44. The summed E-state index contributed by atoms with van der Waals surface area (Å²) in [5, 5.41) is 0. The van der Waals surface area contributed by atoms with Crippen LogP contribution in [0.3, 0.4) is 0 Å². The zero-order valence-corrected chi connectivity index (χ0v) is 12.2. The summed E-state index contributed by atoms with van der Waals surface area (Å²) in [7, 11) is 0. The molecule has 1 aromatic rings. The third-order valence-corrected chi connectivity index (χ3v) is 3.94. The lowest BCUT2D eigenvalue weighted by molar-refractivity contribution is -0.151. The molecule has 0 amide bonds. The molecule has 2 rings (SSSR count). The van der Waals surface area contributed by atoms with Crippen molar-refractivity contribution in [2.45, 2.75) is 26.2 Å². The summed E-state index contributed by atoms with van der Waals surface area (Å²) >= 11 is 0. The molecule has 3 atom stereocenters. The topological polar surface area (TPSA) is 52.6 Å². The van der Waals surface area contributed by atoms with Gasteiger partial charge in [-0.25, -0.2) is 4.39 Å². The molecular formula is C16H19FO4. The molecule has 4 nitrogen and oxygen atoms in total. The number of carbonyl (C=O) groups excluding carboxylic acids is 2. The van der Waals surface area contributed by atoms with Crippen molar-refractivity contribution in [3.8, 4) is 0 Å². The predicted molar refractivity (Wildman–Crippen MR) is 74.0 cm³/mol. The van der Waals surface area contributed by atoms with Gasteiger partial charge < -0.3 is 9.47 Å². The van der Waals surface area contributed by atoms with Crippen LogP contribution in [-0.4, -0.2) is 25.2 Å². The SMILES string of the molecule is CC(=O)OC[C@H]1C[C@H](c2cccc(F)c2)[C@H]1COC(C)=O. The third-order valence-electron chi connectivity index (χ3n) is 3.94. The van der Waals surface area contributed by atoms with Gasteiger partial charge in [-0.1, -0.05) is 12.1 Å². The van der Waals surface area contributed by atoms with Gasteiger partial charge in [0.15, 0.2) is 0 Å². The van der Waals surface area contributed by atoms with E-state index in [1.807, 2.05) is 6.07 Å². The Labute approximate surface area is 123 Å². The Hall–Kier alpha value is -1.91. The van der Waals surface area contributed by atoms with Gasteiger partial charge in [-0.05, 0) is 30.0 Å². The van der Waals surface area contributed by atoms with Crippen LogP contribution in [0.15, 0.2) is 24.3 Å². The lowest BCUT2D eigenvalue weighted by atomic mass is 9.62. The van der Waals surface area contributed by atoms with Gasteiger partial charge in [0.2, 0.25) is 0 Å². The minimum atomic E-state index is -0.342. The highest BCUT2D eigenvalue weighted by Crippen LogP contribution is 2.47. The van der Waals surface area contributed by atoms with E-state index in [0.717, 1.165) is 12.0 Å². The Morgan fingerprint density at radius 3 is 2.48 bits per heavy atom. The van der Waals surface area contributed by atoms with E-state index in [2.05, 4.69) is 0 Å². The van der Waals surface area contributed by atoms with Gasteiger partial charge in [-0.15, -0.1) is 0 Å². The number of benzene rings is 1. The van der Waals surface area contributed by atoms with Crippen molar-refractivity contribution >= 4 is 11.9 Å². The first-order valence-electron chi connectivity index (χ1n) is 6.99. The third kappa shape index (κ3) is 4.03. The minimum absolute atomic E-state index is 0.0510. The van der Waals surface area contributed by atoms with E-state index in [1.165, 1.54) is 26.0 Å². The summed E-state index contributed by atoms with van der Waals surface area (Å²) in [6.45, 7) is 3.30. The quantitative estimate of drug-likeness (QED) is 0.783.